The number of aryl methyl sites for hydroxylation is 2. The Kier molecular flexibility index (Phi) is 6.39. The number of hydrogen-bond acceptors (Lipinski definition) is 5. The number of carbonyl (C=O) groups is 2. The SMILES string of the molecule is CCc1cccc(OCC(=O)NNC(=O)c2sc(-c3ccccc3)nc2C)c1. The van der Waals surface area contributed by atoms with E-state index in [0.29, 0.717) is 16.3 Å². The van der Waals surface area contributed by atoms with Crippen LogP contribution in [0.4, 0.5) is 0 Å². The van der Waals surface area contributed by atoms with Gasteiger partial charge >= 0.3 is 0 Å². The van der Waals surface area contributed by atoms with Gasteiger partial charge in [-0.2, -0.15) is 0 Å². The van der Waals surface area contributed by atoms with Crippen molar-refractivity contribution in [2.75, 3.05) is 6.61 Å². The van der Waals surface area contributed by atoms with Crippen molar-refractivity contribution in [3.05, 3.63) is 70.7 Å². The minimum absolute atomic E-state index is 0.190. The fourth-order valence-electron chi connectivity index (χ4n) is 2.53. The largest absolute Gasteiger partial charge is 0.484 e. The predicted octanol–water partition coefficient (Wildman–Crippen LogP) is 3.52. The van der Waals surface area contributed by atoms with E-state index in [4.69, 9.17) is 4.74 Å². The quantitative estimate of drug-likeness (QED) is 0.626. The molecule has 0 bridgehead atoms. The molecule has 2 amide bonds. The van der Waals surface area contributed by atoms with Gasteiger partial charge in [0.1, 0.15) is 15.6 Å². The molecule has 0 aliphatic heterocycles. The molecule has 0 aliphatic carbocycles. The number of amides is 2. The summed E-state index contributed by atoms with van der Waals surface area (Å²) in [5.41, 5.74) is 7.47. The van der Waals surface area contributed by atoms with Gasteiger partial charge in [0.2, 0.25) is 0 Å². The van der Waals surface area contributed by atoms with Crippen LogP contribution in [0.5, 0.6) is 5.75 Å². The maximum Gasteiger partial charge on any atom is 0.281 e. The van der Waals surface area contributed by atoms with Crippen LogP contribution in [0.15, 0.2) is 54.6 Å². The first kappa shape index (κ1) is 19.6. The van der Waals surface area contributed by atoms with Gasteiger partial charge in [-0.25, -0.2) is 4.98 Å². The fourth-order valence-corrected chi connectivity index (χ4v) is 3.50. The molecule has 3 rings (SSSR count). The normalized spacial score (nSPS) is 10.4. The van der Waals surface area contributed by atoms with E-state index in [1.54, 1.807) is 13.0 Å². The highest BCUT2D eigenvalue weighted by Crippen LogP contribution is 2.27. The van der Waals surface area contributed by atoms with Crippen LogP contribution in [-0.2, 0) is 11.2 Å². The van der Waals surface area contributed by atoms with Crippen LogP contribution in [0.3, 0.4) is 0 Å². The highest BCUT2D eigenvalue weighted by atomic mass is 32.1. The lowest BCUT2D eigenvalue weighted by Crippen LogP contribution is -2.43. The zero-order valence-corrected chi connectivity index (χ0v) is 16.5. The summed E-state index contributed by atoms with van der Waals surface area (Å²) in [6.45, 7) is 3.62. The van der Waals surface area contributed by atoms with Gasteiger partial charge in [-0.1, -0.05) is 49.4 Å². The molecule has 1 aromatic heterocycles. The van der Waals surface area contributed by atoms with E-state index in [2.05, 4.69) is 15.8 Å². The van der Waals surface area contributed by atoms with Crippen LogP contribution in [0.2, 0.25) is 0 Å². The van der Waals surface area contributed by atoms with Crippen molar-refractivity contribution in [2.45, 2.75) is 20.3 Å². The first-order valence-electron chi connectivity index (χ1n) is 8.90. The van der Waals surface area contributed by atoms with Crippen LogP contribution in [-0.4, -0.2) is 23.4 Å². The Morgan fingerprint density at radius 1 is 1.07 bits per heavy atom. The van der Waals surface area contributed by atoms with E-state index >= 15 is 0 Å². The van der Waals surface area contributed by atoms with Gasteiger partial charge in [-0.15, -0.1) is 11.3 Å². The standard InChI is InChI=1S/C21H21N3O3S/c1-3-15-8-7-11-17(12-15)27-13-18(25)23-24-20(26)19-14(2)22-21(28-19)16-9-5-4-6-10-16/h4-12H,3,13H2,1-2H3,(H,23,25)(H,24,26). The third-order valence-electron chi connectivity index (χ3n) is 4.02. The molecule has 0 spiro atoms. The number of thiazole rings is 1. The van der Waals surface area contributed by atoms with Gasteiger partial charge in [-0.3, -0.25) is 20.4 Å². The molecule has 0 atom stereocenters. The number of hydrazine groups is 1. The molecule has 7 heteroatoms. The summed E-state index contributed by atoms with van der Waals surface area (Å²) in [5.74, 6) is -0.231. The zero-order chi connectivity index (χ0) is 19.9. The van der Waals surface area contributed by atoms with Crippen LogP contribution in [0, 0.1) is 6.92 Å². The van der Waals surface area contributed by atoms with Crippen molar-refractivity contribution in [3.63, 3.8) is 0 Å². The molecular weight excluding hydrogens is 374 g/mol. The van der Waals surface area contributed by atoms with E-state index in [-0.39, 0.29) is 6.61 Å². The molecule has 0 saturated carbocycles. The number of hydrogen-bond donors (Lipinski definition) is 2. The lowest BCUT2D eigenvalue weighted by atomic mass is 10.2. The summed E-state index contributed by atoms with van der Waals surface area (Å²) in [4.78, 5) is 29.2. The van der Waals surface area contributed by atoms with Gasteiger partial charge in [-0.05, 0) is 31.0 Å². The van der Waals surface area contributed by atoms with Crippen molar-refractivity contribution >= 4 is 23.2 Å². The first-order valence-corrected chi connectivity index (χ1v) is 9.72. The van der Waals surface area contributed by atoms with Crippen molar-refractivity contribution < 1.29 is 14.3 Å². The molecule has 1 heterocycles. The third kappa shape index (κ3) is 4.95. The summed E-state index contributed by atoms with van der Waals surface area (Å²) >= 11 is 1.28. The second-order valence-electron chi connectivity index (χ2n) is 6.09. The highest BCUT2D eigenvalue weighted by Gasteiger charge is 2.16. The first-order chi connectivity index (χ1) is 13.6. The summed E-state index contributed by atoms with van der Waals surface area (Å²) in [5, 5.41) is 0.758. The number of nitrogens with one attached hydrogen (secondary N) is 2. The Morgan fingerprint density at radius 2 is 1.86 bits per heavy atom. The molecule has 2 N–H and O–H groups in total. The second kappa shape index (κ2) is 9.14. The molecule has 0 aliphatic rings. The highest BCUT2D eigenvalue weighted by molar-refractivity contribution is 7.17. The number of nitrogens with zero attached hydrogens (tertiary/aromatic N) is 1. The summed E-state index contributed by atoms with van der Waals surface area (Å²) in [7, 11) is 0. The monoisotopic (exact) mass is 395 g/mol. The number of rotatable bonds is 6. The van der Waals surface area contributed by atoms with Gasteiger partial charge in [0.05, 0.1) is 5.69 Å². The van der Waals surface area contributed by atoms with E-state index in [1.807, 2.05) is 55.5 Å². The number of aromatic nitrogens is 1. The van der Waals surface area contributed by atoms with Crippen molar-refractivity contribution in [1.82, 2.24) is 15.8 Å². The zero-order valence-electron chi connectivity index (χ0n) is 15.7. The molecule has 3 aromatic rings. The predicted molar refractivity (Wildman–Crippen MR) is 109 cm³/mol. The van der Waals surface area contributed by atoms with Gasteiger partial charge in [0.15, 0.2) is 6.61 Å². The maximum atomic E-state index is 12.4. The minimum atomic E-state index is -0.444. The lowest BCUT2D eigenvalue weighted by molar-refractivity contribution is -0.123. The van der Waals surface area contributed by atoms with E-state index in [1.165, 1.54) is 11.3 Å². The van der Waals surface area contributed by atoms with Crippen molar-refractivity contribution in [1.29, 1.82) is 0 Å². The molecule has 2 aromatic carbocycles. The average Bonchev–Trinajstić information content (AvgIpc) is 3.13. The maximum absolute atomic E-state index is 12.4. The van der Waals surface area contributed by atoms with Gasteiger partial charge in [0, 0.05) is 5.56 Å². The van der Waals surface area contributed by atoms with Gasteiger partial charge in [0.25, 0.3) is 11.8 Å². The van der Waals surface area contributed by atoms with E-state index in [0.717, 1.165) is 22.6 Å². The van der Waals surface area contributed by atoms with E-state index in [9.17, 15) is 9.59 Å². The summed E-state index contributed by atoms with van der Waals surface area (Å²) in [6.07, 6.45) is 0.888. The third-order valence-corrected chi connectivity index (χ3v) is 5.22. The number of benzene rings is 2. The number of carbonyl (C=O) groups excluding carboxylic acids is 2. The van der Waals surface area contributed by atoms with E-state index < -0.39 is 11.8 Å². The molecule has 0 unspecified atom stereocenters. The van der Waals surface area contributed by atoms with Crippen molar-refractivity contribution in [2.24, 2.45) is 0 Å². The Balaban J connectivity index is 1.53. The molecule has 144 valence electrons. The Morgan fingerprint density at radius 3 is 2.61 bits per heavy atom. The fraction of sp³-hybridized carbons (Fsp3) is 0.190. The number of ether oxygens (including phenoxy) is 1. The molecular formula is C21H21N3O3S. The molecule has 0 radical (unpaired) electrons. The van der Waals surface area contributed by atoms with Crippen LogP contribution in [0.1, 0.15) is 27.9 Å². The topological polar surface area (TPSA) is 80.3 Å². The van der Waals surface area contributed by atoms with Crippen LogP contribution in [0.25, 0.3) is 10.6 Å². The van der Waals surface area contributed by atoms with Crippen LogP contribution < -0.4 is 15.6 Å². The smallest absolute Gasteiger partial charge is 0.281 e. The Bertz CT molecular complexity index is 970. The van der Waals surface area contributed by atoms with Crippen molar-refractivity contribution in [3.8, 4) is 16.3 Å². The molecule has 0 saturated heterocycles. The summed E-state index contributed by atoms with van der Waals surface area (Å²) < 4.78 is 5.46. The summed E-state index contributed by atoms with van der Waals surface area (Å²) in [6, 6.07) is 17.2. The molecule has 0 fully saturated rings. The minimum Gasteiger partial charge on any atom is -0.484 e. The lowest BCUT2D eigenvalue weighted by Gasteiger charge is -2.09. The second-order valence-corrected chi connectivity index (χ2v) is 7.09. The van der Waals surface area contributed by atoms with Gasteiger partial charge < -0.3 is 4.74 Å². The average molecular weight is 395 g/mol. The Labute approximate surface area is 167 Å². The molecule has 6 nitrogen and oxygen atoms in total. The molecule has 28 heavy (non-hydrogen) atoms. The Hall–Kier alpha value is -3.19. The van der Waals surface area contributed by atoms with Crippen LogP contribution >= 0.6 is 11.3 Å².